The van der Waals surface area contributed by atoms with E-state index in [1.165, 1.54) is 19.3 Å². The van der Waals surface area contributed by atoms with Crippen molar-refractivity contribution < 1.29 is 0 Å². The molecule has 0 saturated heterocycles. The molecule has 2 rings (SSSR count). The second-order valence-electron chi connectivity index (χ2n) is 4.31. The van der Waals surface area contributed by atoms with Crippen molar-refractivity contribution in [1.82, 2.24) is 0 Å². The summed E-state index contributed by atoms with van der Waals surface area (Å²) in [5.41, 5.74) is 7.22. The fraction of sp³-hybridized carbons (Fsp3) is 0.500. The van der Waals surface area contributed by atoms with E-state index in [1.54, 1.807) is 0 Å². The largest absolute Gasteiger partial charge is 0.324 e. The quantitative estimate of drug-likeness (QED) is 0.847. The molecule has 1 aromatic rings. The predicted molar refractivity (Wildman–Crippen MR) is 65.3 cm³/mol. The molecule has 1 atom stereocenters. The van der Waals surface area contributed by atoms with Gasteiger partial charge in [0.15, 0.2) is 0 Å². The van der Waals surface area contributed by atoms with Crippen LogP contribution in [-0.4, -0.2) is 0 Å². The minimum atomic E-state index is 0.102. The molecule has 1 unspecified atom stereocenters. The molecule has 0 bridgehead atoms. The Kier molecular flexibility index (Phi) is 3.55. The Labute approximate surface area is 101 Å². The van der Waals surface area contributed by atoms with Crippen LogP contribution in [0.15, 0.2) is 18.2 Å². The molecule has 3 heteroatoms. The molecule has 1 nitrogen and oxygen atoms in total. The summed E-state index contributed by atoms with van der Waals surface area (Å²) in [7, 11) is 0. The van der Waals surface area contributed by atoms with Gasteiger partial charge in [-0.2, -0.15) is 0 Å². The first-order valence-electron chi connectivity index (χ1n) is 5.37. The van der Waals surface area contributed by atoms with Gasteiger partial charge in [-0.1, -0.05) is 48.5 Å². The first-order valence-corrected chi connectivity index (χ1v) is 6.13. The highest BCUT2D eigenvalue weighted by atomic mass is 35.5. The normalized spacial score (nSPS) is 18.6. The molecule has 15 heavy (non-hydrogen) atoms. The Balaban J connectivity index is 2.03. The van der Waals surface area contributed by atoms with Gasteiger partial charge in [-0.25, -0.2) is 0 Å². The van der Waals surface area contributed by atoms with E-state index < -0.39 is 0 Å². The van der Waals surface area contributed by atoms with Gasteiger partial charge in [-0.3, -0.25) is 0 Å². The number of hydrogen-bond acceptors (Lipinski definition) is 1. The SMILES string of the molecule is NC(CC1CCC1)c1ccc(Cl)c(Cl)c1. The lowest BCUT2D eigenvalue weighted by atomic mass is 9.80. The van der Waals surface area contributed by atoms with Crippen molar-refractivity contribution in [3.8, 4) is 0 Å². The Morgan fingerprint density at radius 2 is 2.00 bits per heavy atom. The Hall–Kier alpha value is -0.240. The lowest BCUT2D eigenvalue weighted by Crippen LogP contribution is -2.20. The minimum Gasteiger partial charge on any atom is -0.324 e. The first kappa shape index (κ1) is 11.3. The summed E-state index contributed by atoms with van der Waals surface area (Å²) >= 11 is 11.8. The molecule has 82 valence electrons. The van der Waals surface area contributed by atoms with Crippen LogP contribution in [0.25, 0.3) is 0 Å². The maximum atomic E-state index is 6.12. The molecule has 0 heterocycles. The summed E-state index contributed by atoms with van der Waals surface area (Å²) in [5.74, 6) is 0.814. The van der Waals surface area contributed by atoms with E-state index in [-0.39, 0.29) is 6.04 Å². The fourth-order valence-electron chi connectivity index (χ4n) is 1.97. The Bertz CT molecular complexity index is 347. The molecular weight excluding hydrogens is 229 g/mol. The zero-order valence-corrected chi connectivity index (χ0v) is 10.1. The lowest BCUT2D eigenvalue weighted by Gasteiger charge is -2.28. The average Bonchev–Trinajstić information content (AvgIpc) is 2.15. The van der Waals surface area contributed by atoms with E-state index >= 15 is 0 Å². The molecule has 1 aliphatic carbocycles. The minimum absolute atomic E-state index is 0.102. The van der Waals surface area contributed by atoms with Gasteiger partial charge in [0.25, 0.3) is 0 Å². The maximum Gasteiger partial charge on any atom is 0.0595 e. The van der Waals surface area contributed by atoms with Gasteiger partial charge in [0.1, 0.15) is 0 Å². The Morgan fingerprint density at radius 3 is 2.53 bits per heavy atom. The van der Waals surface area contributed by atoms with E-state index in [1.807, 2.05) is 18.2 Å². The standard InChI is InChI=1S/C12H15Cl2N/c13-10-5-4-9(7-11(10)14)12(15)6-8-2-1-3-8/h4-5,7-8,12H,1-3,6,15H2. The average molecular weight is 244 g/mol. The number of halogens is 2. The van der Waals surface area contributed by atoms with Crippen molar-refractivity contribution in [1.29, 1.82) is 0 Å². The van der Waals surface area contributed by atoms with Crippen LogP contribution in [0.1, 0.15) is 37.3 Å². The molecular formula is C12H15Cl2N. The van der Waals surface area contributed by atoms with Gasteiger partial charge in [-0.05, 0) is 30.0 Å². The number of benzene rings is 1. The lowest BCUT2D eigenvalue weighted by molar-refractivity contribution is 0.277. The van der Waals surface area contributed by atoms with Crippen molar-refractivity contribution in [2.45, 2.75) is 31.7 Å². The van der Waals surface area contributed by atoms with Crippen LogP contribution >= 0.6 is 23.2 Å². The summed E-state index contributed by atoms with van der Waals surface area (Å²) in [4.78, 5) is 0. The maximum absolute atomic E-state index is 6.12. The highest BCUT2D eigenvalue weighted by Crippen LogP contribution is 2.34. The summed E-state index contributed by atoms with van der Waals surface area (Å²) in [5, 5.41) is 1.19. The van der Waals surface area contributed by atoms with Crippen LogP contribution in [0.4, 0.5) is 0 Å². The molecule has 1 saturated carbocycles. The van der Waals surface area contributed by atoms with Crippen LogP contribution in [0.5, 0.6) is 0 Å². The zero-order chi connectivity index (χ0) is 10.8. The number of rotatable bonds is 3. The third kappa shape index (κ3) is 2.66. The molecule has 1 aromatic carbocycles. The van der Waals surface area contributed by atoms with Gasteiger partial charge in [0.05, 0.1) is 10.0 Å². The van der Waals surface area contributed by atoms with E-state index in [4.69, 9.17) is 28.9 Å². The van der Waals surface area contributed by atoms with Crippen molar-refractivity contribution in [2.75, 3.05) is 0 Å². The molecule has 0 amide bonds. The van der Waals surface area contributed by atoms with E-state index in [0.717, 1.165) is 17.9 Å². The van der Waals surface area contributed by atoms with Gasteiger partial charge >= 0.3 is 0 Å². The predicted octanol–water partition coefficient (Wildman–Crippen LogP) is 4.18. The van der Waals surface area contributed by atoms with Gasteiger partial charge in [-0.15, -0.1) is 0 Å². The molecule has 0 aliphatic heterocycles. The highest BCUT2D eigenvalue weighted by Gasteiger charge is 2.21. The summed E-state index contributed by atoms with van der Waals surface area (Å²) in [6.45, 7) is 0. The summed E-state index contributed by atoms with van der Waals surface area (Å²) in [6.07, 6.45) is 5.08. The molecule has 1 aliphatic rings. The van der Waals surface area contributed by atoms with Crippen LogP contribution < -0.4 is 5.73 Å². The number of hydrogen-bond donors (Lipinski definition) is 1. The van der Waals surface area contributed by atoms with Crippen molar-refractivity contribution in [3.05, 3.63) is 33.8 Å². The van der Waals surface area contributed by atoms with Crippen molar-refractivity contribution in [2.24, 2.45) is 11.7 Å². The Morgan fingerprint density at radius 1 is 1.27 bits per heavy atom. The van der Waals surface area contributed by atoms with E-state index in [0.29, 0.717) is 10.0 Å². The zero-order valence-electron chi connectivity index (χ0n) is 8.55. The molecule has 2 N–H and O–H groups in total. The van der Waals surface area contributed by atoms with Crippen LogP contribution in [0.2, 0.25) is 10.0 Å². The molecule has 0 radical (unpaired) electrons. The van der Waals surface area contributed by atoms with E-state index in [2.05, 4.69) is 0 Å². The van der Waals surface area contributed by atoms with Crippen molar-refractivity contribution >= 4 is 23.2 Å². The smallest absolute Gasteiger partial charge is 0.0595 e. The second kappa shape index (κ2) is 4.73. The van der Waals surface area contributed by atoms with Crippen LogP contribution in [-0.2, 0) is 0 Å². The van der Waals surface area contributed by atoms with Gasteiger partial charge < -0.3 is 5.73 Å². The molecule has 1 fully saturated rings. The van der Waals surface area contributed by atoms with E-state index in [9.17, 15) is 0 Å². The summed E-state index contributed by atoms with van der Waals surface area (Å²) in [6, 6.07) is 5.77. The van der Waals surface area contributed by atoms with Crippen LogP contribution in [0, 0.1) is 5.92 Å². The monoisotopic (exact) mass is 243 g/mol. The molecule has 0 spiro atoms. The summed E-state index contributed by atoms with van der Waals surface area (Å²) < 4.78 is 0. The van der Waals surface area contributed by atoms with Crippen molar-refractivity contribution in [3.63, 3.8) is 0 Å². The second-order valence-corrected chi connectivity index (χ2v) is 5.13. The van der Waals surface area contributed by atoms with Gasteiger partial charge in [0.2, 0.25) is 0 Å². The highest BCUT2D eigenvalue weighted by molar-refractivity contribution is 6.42. The third-order valence-corrected chi connectivity index (χ3v) is 3.92. The topological polar surface area (TPSA) is 26.0 Å². The number of nitrogens with two attached hydrogens (primary N) is 1. The first-order chi connectivity index (χ1) is 7.16. The third-order valence-electron chi connectivity index (χ3n) is 3.18. The molecule has 0 aromatic heterocycles. The van der Waals surface area contributed by atoms with Gasteiger partial charge in [0, 0.05) is 6.04 Å². The fourth-order valence-corrected chi connectivity index (χ4v) is 2.27. The van der Waals surface area contributed by atoms with Crippen LogP contribution in [0.3, 0.4) is 0 Å².